The van der Waals surface area contributed by atoms with Gasteiger partial charge in [0.05, 0.1) is 6.61 Å². The molecule has 0 heterocycles. The molecule has 94 valence electrons. The van der Waals surface area contributed by atoms with Gasteiger partial charge in [0.25, 0.3) is 0 Å². The van der Waals surface area contributed by atoms with E-state index in [4.69, 9.17) is 4.74 Å². The fourth-order valence-corrected chi connectivity index (χ4v) is 1.86. The van der Waals surface area contributed by atoms with Gasteiger partial charge in [-0.2, -0.15) is 0 Å². The molecule has 18 heavy (non-hydrogen) atoms. The number of hydrogen-bond acceptors (Lipinski definition) is 1. The molecule has 2 aromatic rings. The van der Waals surface area contributed by atoms with Gasteiger partial charge in [0.1, 0.15) is 5.75 Å². The summed E-state index contributed by atoms with van der Waals surface area (Å²) in [6, 6.07) is 16.9. The van der Waals surface area contributed by atoms with Crippen molar-refractivity contribution in [3.63, 3.8) is 0 Å². The lowest BCUT2D eigenvalue weighted by molar-refractivity contribution is 0.311. The lowest BCUT2D eigenvalue weighted by Crippen LogP contribution is -1.99. The minimum Gasteiger partial charge on any atom is -0.494 e. The minimum absolute atomic E-state index is 0.775. The molecule has 0 N–H and O–H groups in total. The summed E-state index contributed by atoms with van der Waals surface area (Å²) in [5.74, 6) is 0.963. The molecule has 2 rings (SSSR count). The minimum atomic E-state index is 0.775. The highest BCUT2D eigenvalue weighted by Crippen LogP contribution is 2.12. The predicted octanol–water partition coefficient (Wildman–Crippen LogP) is 4.32. The monoisotopic (exact) mass is 240 g/mol. The molecule has 0 saturated heterocycles. The van der Waals surface area contributed by atoms with E-state index in [1.165, 1.54) is 16.7 Å². The highest BCUT2D eigenvalue weighted by Gasteiger charge is 1.95. The Hall–Kier alpha value is -1.76. The van der Waals surface area contributed by atoms with Gasteiger partial charge in [-0.1, -0.05) is 47.5 Å². The molecule has 0 aliphatic carbocycles. The van der Waals surface area contributed by atoms with E-state index < -0.39 is 0 Å². The number of hydrogen-bond donors (Lipinski definition) is 0. The van der Waals surface area contributed by atoms with Crippen LogP contribution in [0.15, 0.2) is 48.5 Å². The highest BCUT2D eigenvalue weighted by atomic mass is 16.5. The molecule has 0 bridgehead atoms. The van der Waals surface area contributed by atoms with Crippen molar-refractivity contribution in [2.45, 2.75) is 26.7 Å². The highest BCUT2D eigenvalue weighted by molar-refractivity contribution is 5.26. The summed E-state index contributed by atoms with van der Waals surface area (Å²) in [5, 5.41) is 0. The maximum atomic E-state index is 5.71. The molecule has 0 radical (unpaired) electrons. The summed E-state index contributed by atoms with van der Waals surface area (Å²) in [5.41, 5.74) is 3.96. The third-order valence-corrected chi connectivity index (χ3v) is 3.02. The summed E-state index contributed by atoms with van der Waals surface area (Å²) in [7, 11) is 0. The molecule has 0 unspecified atom stereocenters. The summed E-state index contributed by atoms with van der Waals surface area (Å²) >= 11 is 0. The molecular weight excluding hydrogens is 220 g/mol. The Bertz CT molecular complexity index is 420. The first-order chi connectivity index (χ1) is 8.74. The molecule has 0 atom stereocenters. The Morgan fingerprint density at radius 2 is 1.33 bits per heavy atom. The first kappa shape index (κ1) is 12.7. The quantitative estimate of drug-likeness (QED) is 0.707. The van der Waals surface area contributed by atoms with E-state index in [-0.39, 0.29) is 0 Å². The lowest BCUT2D eigenvalue weighted by atomic mass is 10.1. The van der Waals surface area contributed by atoms with Crippen molar-refractivity contribution in [2.24, 2.45) is 0 Å². The van der Waals surface area contributed by atoms with Gasteiger partial charge in [0, 0.05) is 0 Å². The van der Waals surface area contributed by atoms with Gasteiger partial charge in [-0.15, -0.1) is 0 Å². The zero-order valence-corrected chi connectivity index (χ0v) is 11.1. The van der Waals surface area contributed by atoms with E-state index in [0.717, 1.165) is 25.2 Å². The summed E-state index contributed by atoms with van der Waals surface area (Å²) in [6.45, 7) is 4.97. The molecule has 1 nitrogen and oxygen atoms in total. The Morgan fingerprint density at radius 1 is 0.778 bits per heavy atom. The number of benzene rings is 2. The SMILES string of the molecule is Cc1ccc(CCCOc2ccc(C)cc2)cc1. The van der Waals surface area contributed by atoms with E-state index in [9.17, 15) is 0 Å². The smallest absolute Gasteiger partial charge is 0.119 e. The van der Waals surface area contributed by atoms with E-state index in [2.05, 4.69) is 50.2 Å². The van der Waals surface area contributed by atoms with Crippen LogP contribution in [0.3, 0.4) is 0 Å². The van der Waals surface area contributed by atoms with Gasteiger partial charge in [0.2, 0.25) is 0 Å². The molecular formula is C17H20O. The molecule has 0 saturated carbocycles. The fraction of sp³-hybridized carbons (Fsp3) is 0.294. The normalized spacial score (nSPS) is 10.3. The van der Waals surface area contributed by atoms with E-state index in [1.807, 2.05) is 12.1 Å². The van der Waals surface area contributed by atoms with Crippen LogP contribution >= 0.6 is 0 Å². The maximum Gasteiger partial charge on any atom is 0.119 e. The zero-order chi connectivity index (χ0) is 12.8. The average Bonchev–Trinajstić information content (AvgIpc) is 2.39. The fourth-order valence-electron chi connectivity index (χ4n) is 1.86. The van der Waals surface area contributed by atoms with Gasteiger partial charge >= 0.3 is 0 Å². The standard InChI is InChI=1S/C17H20O/c1-14-5-9-16(10-6-14)4-3-13-18-17-11-7-15(2)8-12-17/h5-12H,3-4,13H2,1-2H3. The van der Waals surface area contributed by atoms with Crippen LogP contribution in [0, 0.1) is 13.8 Å². The number of ether oxygens (including phenoxy) is 1. The topological polar surface area (TPSA) is 9.23 Å². The van der Waals surface area contributed by atoms with Crippen LogP contribution in [0.25, 0.3) is 0 Å². The zero-order valence-electron chi connectivity index (χ0n) is 11.1. The van der Waals surface area contributed by atoms with Gasteiger partial charge in [-0.25, -0.2) is 0 Å². The van der Waals surface area contributed by atoms with Gasteiger partial charge in [-0.05, 0) is 44.4 Å². The lowest BCUT2D eigenvalue weighted by Gasteiger charge is -2.06. The van der Waals surface area contributed by atoms with Crippen molar-refractivity contribution < 1.29 is 4.74 Å². The second-order valence-corrected chi connectivity index (χ2v) is 4.75. The van der Waals surface area contributed by atoms with Gasteiger partial charge < -0.3 is 4.74 Å². The van der Waals surface area contributed by atoms with Crippen molar-refractivity contribution in [1.82, 2.24) is 0 Å². The molecule has 1 heteroatoms. The second kappa shape index (κ2) is 6.25. The largest absolute Gasteiger partial charge is 0.494 e. The molecule has 0 aliphatic rings. The number of rotatable bonds is 5. The van der Waals surface area contributed by atoms with Crippen LogP contribution in [-0.4, -0.2) is 6.61 Å². The maximum absolute atomic E-state index is 5.71. The summed E-state index contributed by atoms with van der Waals surface area (Å²) in [4.78, 5) is 0. The van der Waals surface area contributed by atoms with Crippen molar-refractivity contribution in [3.8, 4) is 5.75 Å². The Kier molecular flexibility index (Phi) is 4.40. The van der Waals surface area contributed by atoms with Crippen LogP contribution in [0.1, 0.15) is 23.1 Å². The van der Waals surface area contributed by atoms with Crippen molar-refractivity contribution in [1.29, 1.82) is 0 Å². The van der Waals surface area contributed by atoms with Crippen molar-refractivity contribution in [3.05, 3.63) is 65.2 Å². The van der Waals surface area contributed by atoms with Crippen LogP contribution < -0.4 is 4.74 Å². The van der Waals surface area contributed by atoms with Gasteiger partial charge in [0.15, 0.2) is 0 Å². The Balaban J connectivity index is 1.73. The van der Waals surface area contributed by atoms with Crippen molar-refractivity contribution >= 4 is 0 Å². The van der Waals surface area contributed by atoms with Crippen LogP contribution in [0.4, 0.5) is 0 Å². The van der Waals surface area contributed by atoms with E-state index >= 15 is 0 Å². The van der Waals surface area contributed by atoms with Crippen molar-refractivity contribution in [2.75, 3.05) is 6.61 Å². The first-order valence-electron chi connectivity index (χ1n) is 6.49. The number of aryl methyl sites for hydroxylation is 3. The Labute approximate surface area is 109 Å². The van der Waals surface area contributed by atoms with Crippen LogP contribution in [-0.2, 0) is 6.42 Å². The van der Waals surface area contributed by atoms with E-state index in [0.29, 0.717) is 0 Å². The molecule has 0 aliphatic heterocycles. The second-order valence-electron chi connectivity index (χ2n) is 4.75. The summed E-state index contributed by atoms with van der Waals surface area (Å²) in [6.07, 6.45) is 2.13. The summed E-state index contributed by atoms with van der Waals surface area (Å²) < 4.78 is 5.71. The molecule has 2 aromatic carbocycles. The van der Waals surface area contributed by atoms with Crippen LogP contribution in [0.5, 0.6) is 5.75 Å². The molecule has 0 amide bonds. The molecule has 0 spiro atoms. The van der Waals surface area contributed by atoms with Gasteiger partial charge in [-0.3, -0.25) is 0 Å². The average molecular weight is 240 g/mol. The third-order valence-electron chi connectivity index (χ3n) is 3.02. The molecule has 0 fully saturated rings. The predicted molar refractivity (Wildman–Crippen MR) is 76.2 cm³/mol. The Morgan fingerprint density at radius 3 is 1.94 bits per heavy atom. The first-order valence-corrected chi connectivity index (χ1v) is 6.49. The van der Waals surface area contributed by atoms with Crippen LogP contribution in [0.2, 0.25) is 0 Å². The van der Waals surface area contributed by atoms with E-state index in [1.54, 1.807) is 0 Å². The molecule has 0 aromatic heterocycles. The third kappa shape index (κ3) is 3.92.